The summed E-state index contributed by atoms with van der Waals surface area (Å²) < 4.78 is 1.25. The lowest BCUT2D eigenvalue weighted by molar-refractivity contribution is 0.557. The summed E-state index contributed by atoms with van der Waals surface area (Å²) in [5, 5.41) is 1.93. The number of nitrogens with zero attached hydrogens (tertiary/aromatic N) is 3. The Balaban J connectivity index is 1.39. The summed E-state index contributed by atoms with van der Waals surface area (Å²) in [5.41, 5.74) is 10.2. The van der Waals surface area contributed by atoms with Crippen LogP contribution in [0.5, 0.6) is 0 Å². The number of nitrogens with one attached hydrogen (secondary N) is 2. The smallest absolute Gasteiger partial charge is 0.330 e. The molecule has 3 heterocycles. The molecule has 0 atom stereocenters. The second-order valence-electron chi connectivity index (χ2n) is 7.00. The van der Waals surface area contributed by atoms with Crippen LogP contribution in [-0.2, 0) is 19.4 Å². The van der Waals surface area contributed by atoms with Crippen molar-refractivity contribution in [3.63, 3.8) is 0 Å². The first-order valence-corrected chi connectivity index (χ1v) is 10.5. The fourth-order valence-corrected chi connectivity index (χ4v) is 3.87. The molecule has 4 rings (SSSR count). The van der Waals surface area contributed by atoms with Crippen LogP contribution in [-0.4, -0.2) is 24.5 Å². The molecule has 8 nitrogen and oxygen atoms in total. The molecule has 0 fully saturated rings. The number of rotatable bonds is 8. The Morgan fingerprint density at radius 3 is 2.66 bits per heavy atom. The van der Waals surface area contributed by atoms with Crippen LogP contribution in [0, 0.1) is 0 Å². The monoisotopic (exact) mass is 410 g/mol. The first-order chi connectivity index (χ1) is 14.1. The van der Waals surface area contributed by atoms with Crippen LogP contribution < -0.4 is 17.0 Å². The van der Waals surface area contributed by atoms with Crippen LogP contribution in [0.1, 0.15) is 36.3 Å². The van der Waals surface area contributed by atoms with Crippen LogP contribution >= 0.6 is 11.3 Å². The molecule has 29 heavy (non-hydrogen) atoms. The number of thiazole rings is 1. The highest BCUT2D eigenvalue weighted by atomic mass is 32.1. The summed E-state index contributed by atoms with van der Waals surface area (Å²) in [6, 6.07) is 7.85. The van der Waals surface area contributed by atoms with Gasteiger partial charge in [-0.3, -0.25) is 14.3 Å². The molecule has 0 aliphatic heterocycles. The van der Waals surface area contributed by atoms with E-state index >= 15 is 0 Å². The highest BCUT2D eigenvalue weighted by molar-refractivity contribution is 7.07. The van der Waals surface area contributed by atoms with E-state index in [1.165, 1.54) is 21.5 Å². The Kier molecular flexibility index (Phi) is 5.57. The fourth-order valence-electron chi connectivity index (χ4n) is 3.31. The van der Waals surface area contributed by atoms with Crippen LogP contribution in [0.4, 0.5) is 5.69 Å². The molecule has 0 radical (unpaired) electrons. The molecule has 0 spiro atoms. The van der Waals surface area contributed by atoms with Crippen LogP contribution in [0.2, 0.25) is 0 Å². The van der Waals surface area contributed by atoms with Crippen molar-refractivity contribution in [1.29, 1.82) is 0 Å². The number of hydrogen-bond donors (Lipinski definition) is 3. The zero-order valence-electron chi connectivity index (χ0n) is 15.9. The van der Waals surface area contributed by atoms with Crippen molar-refractivity contribution in [2.75, 3.05) is 5.73 Å². The number of anilines is 1. The van der Waals surface area contributed by atoms with Gasteiger partial charge in [0.15, 0.2) is 5.65 Å². The zero-order chi connectivity index (χ0) is 20.2. The molecule has 3 aromatic heterocycles. The minimum atomic E-state index is -0.423. The first kappa shape index (κ1) is 19.1. The second-order valence-corrected chi connectivity index (χ2v) is 7.72. The van der Waals surface area contributed by atoms with Gasteiger partial charge in [0.25, 0.3) is 5.56 Å². The molecule has 4 N–H and O–H groups in total. The topological polar surface area (TPSA) is 122 Å². The Bertz CT molecular complexity index is 1200. The van der Waals surface area contributed by atoms with E-state index in [0.717, 1.165) is 37.1 Å². The zero-order valence-corrected chi connectivity index (χ0v) is 16.7. The van der Waals surface area contributed by atoms with Crippen molar-refractivity contribution in [2.24, 2.45) is 0 Å². The number of aryl methyl sites for hydroxylation is 1. The second kappa shape index (κ2) is 8.44. The molecule has 0 saturated carbocycles. The number of aromatic amines is 2. The number of nitrogens with two attached hydrogens (primary N) is 1. The number of aromatic nitrogens is 5. The largest absolute Gasteiger partial charge is 0.399 e. The molecule has 0 saturated heterocycles. The van der Waals surface area contributed by atoms with Crippen LogP contribution in [0.15, 0.2) is 44.7 Å². The average molecular weight is 411 g/mol. The molecule has 1 aromatic carbocycles. The Hall–Kier alpha value is -3.20. The third kappa shape index (κ3) is 4.45. The molecular weight excluding hydrogens is 388 g/mol. The lowest BCUT2D eigenvalue weighted by atomic mass is 10.1. The molecule has 0 aliphatic rings. The molecule has 0 bridgehead atoms. The molecule has 0 aliphatic carbocycles. The number of nitrogen functional groups attached to an aromatic ring is 1. The van der Waals surface area contributed by atoms with Crippen molar-refractivity contribution >= 4 is 28.2 Å². The maximum Gasteiger partial charge on any atom is 0.330 e. The molecule has 9 heteroatoms. The van der Waals surface area contributed by atoms with Crippen molar-refractivity contribution in [3.05, 3.63) is 73.1 Å². The van der Waals surface area contributed by atoms with Gasteiger partial charge in [0.2, 0.25) is 0 Å². The van der Waals surface area contributed by atoms with Gasteiger partial charge < -0.3 is 10.7 Å². The fraction of sp³-hybridized carbons (Fsp3) is 0.300. The molecule has 150 valence electrons. The lowest BCUT2D eigenvalue weighted by Crippen LogP contribution is -2.35. The van der Waals surface area contributed by atoms with Gasteiger partial charge in [-0.25, -0.2) is 14.8 Å². The molecule has 0 amide bonds. The summed E-state index contributed by atoms with van der Waals surface area (Å²) in [7, 11) is 0. The van der Waals surface area contributed by atoms with Gasteiger partial charge in [-0.15, -0.1) is 11.3 Å². The van der Waals surface area contributed by atoms with E-state index < -0.39 is 5.69 Å². The van der Waals surface area contributed by atoms with E-state index in [4.69, 9.17) is 5.73 Å². The molecule has 4 aromatic rings. The third-order valence-corrected chi connectivity index (χ3v) is 5.48. The number of unbranched alkanes of at least 4 members (excludes halogenated alkanes) is 2. The summed E-state index contributed by atoms with van der Waals surface area (Å²) in [6.07, 6.45) is 4.10. The minimum Gasteiger partial charge on any atom is -0.399 e. The number of fused-ring (bicyclic) bond motifs is 1. The average Bonchev–Trinajstić information content (AvgIpc) is 3.35. The van der Waals surface area contributed by atoms with E-state index in [9.17, 15) is 9.59 Å². The maximum atomic E-state index is 12.7. The summed E-state index contributed by atoms with van der Waals surface area (Å²) in [5.74, 6) is 0.611. The van der Waals surface area contributed by atoms with Crippen molar-refractivity contribution in [2.45, 2.75) is 38.6 Å². The van der Waals surface area contributed by atoms with E-state index in [0.29, 0.717) is 30.0 Å². The van der Waals surface area contributed by atoms with Crippen LogP contribution in [0.25, 0.3) is 11.2 Å². The summed E-state index contributed by atoms with van der Waals surface area (Å²) >= 11 is 1.50. The minimum absolute atomic E-state index is 0.296. The number of H-pyrrole nitrogens is 2. The predicted octanol–water partition coefficient (Wildman–Crippen LogP) is 2.46. The quantitative estimate of drug-likeness (QED) is 0.304. The third-order valence-electron chi connectivity index (χ3n) is 4.84. The Morgan fingerprint density at radius 2 is 1.90 bits per heavy atom. The lowest BCUT2D eigenvalue weighted by Gasteiger charge is -2.05. The number of benzene rings is 1. The SMILES string of the molecule is Nc1ccc(CCCCCn2c(=O)[nH]c3nc(Cc4cscn4)[nH]c3c2=O)cc1. The Morgan fingerprint density at radius 1 is 1.07 bits per heavy atom. The van der Waals surface area contributed by atoms with Crippen molar-refractivity contribution in [1.82, 2.24) is 24.5 Å². The number of hydrogen-bond acceptors (Lipinski definition) is 6. The summed E-state index contributed by atoms with van der Waals surface area (Å²) in [6.45, 7) is 0.381. The standard InChI is InChI=1S/C20H22N6O2S/c21-14-7-5-13(6-8-14)4-2-1-3-9-26-19(27)17-18(25-20(26)28)24-16(23-17)10-15-11-29-12-22-15/h5-8,11-12H,1-4,9-10,21H2,(H,23,24)(H,25,28). The van der Waals surface area contributed by atoms with Gasteiger partial charge in [-0.1, -0.05) is 18.6 Å². The normalized spacial score (nSPS) is 11.3. The van der Waals surface area contributed by atoms with E-state index in [1.807, 2.05) is 29.6 Å². The van der Waals surface area contributed by atoms with Gasteiger partial charge in [-0.2, -0.15) is 0 Å². The van der Waals surface area contributed by atoms with Gasteiger partial charge in [-0.05, 0) is 37.0 Å². The van der Waals surface area contributed by atoms with E-state index in [1.54, 1.807) is 5.51 Å². The maximum absolute atomic E-state index is 12.7. The van der Waals surface area contributed by atoms with Crippen molar-refractivity contribution < 1.29 is 0 Å². The van der Waals surface area contributed by atoms with Gasteiger partial charge in [0.05, 0.1) is 11.2 Å². The first-order valence-electron chi connectivity index (χ1n) is 9.53. The predicted molar refractivity (Wildman–Crippen MR) is 114 cm³/mol. The van der Waals surface area contributed by atoms with E-state index in [2.05, 4.69) is 19.9 Å². The van der Waals surface area contributed by atoms with Crippen LogP contribution in [0.3, 0.4) is 0 Å². The number of imidazole rings is 1. The molecular formula is C20H22N6O2S. The van der Waals surface area contributed by atoms with Gasteiger partial charge in [0.1, 0.15) is 11.3 Å². The van der Waals surface area contributed by atoms with Crippen molar-refractivity contribution in [3.8, 4) is 0 Å². The van der Waals surface area contributed by atoms with E-state index in [-0.39, 0.29) is 5.56 Å². The highest BCUT2D eigenvalue weighted by Gasteiger charge is 2.13. The van der Waals surface area contributed by atoms with Gasteiger partial charge >= 0.3 is 5.69 Å². The summed E-state index contributed by atoms with van der Waals surface area (Å²) in [4.78, 5) is 39.4. The Labute approximate surface area is 170 Å². The highest BCUT2D eigenvalue weighted by Crippen LogP contribution is 2.11. The van der Waals surface area contributed by atoms with Gasteiger partial charge in [0, 0.05) is 24.0 Å². The molecule has 0 unspecified atom stereocenters.